The first-order valence-electron chi connectivity index (χ1n) is 7.54. The molecule has 0 aliphatic rings. The first kappa shape index (κ1) is 16.7. The van der Waals surface area contributed by atoms with Crippen LogP contribution < -0.4 is 5.32 Å². The van der Waals surface area contributed by atoms with Gasteiger partial charge >= 0.3 is 5.97 Å². The van der Waals surface area contributed by atoms with E-state index in [1.54, 1.807) is 0 Å². The lowest BCUT2D eigenvalue weighted by Gasteiger charge is -2.20. The summed E-state index contributed by atoms with van der Waals surface area (Å²) in [5.74, 6) is -1.19. The number of carbonyl (C=O) groups excluding carboxylic acids is 1. The minimum Gasteiger partial charge on any atom is -0.481 e. The van der Waals surface area contributed by atoms with Gasteiger partial charge in [0.15, 0.2) is 0 Å². The summed E-state index contributed by atoms with van der Waals surface area (Å²) in [5.41, 5.74) is 4.22. The molecule has 1 atom stereocenters. The van der Waals surface area contributed by atoms with E-state index in [-0.39, 0.29) is 12.3 Å². The van der Waals surface area contributed by atoms with Crippen molar-refractivity contribution in [1.82, 2.24) is 5.32 Å². The van der Waals surface area contributed by atoms with E-state index in [0.717, 1.165) is 22.3 Å². The SMILES string of the molecule is Cc1ccc(C)c(C(=O)NC(CC(=O)O)c2ccccc2C)c1. The van der Waals surface area contributed by atoms with Gasteiger partial charge in [0.05, 0.1) is 12.5 Å². The average Bonchev–Trinajstić information content (AvgIpc) is 2.49. The zero-order valence-corrected chi connectivity index (χ0v) is 13.6. The second kappa shape index (κ2) is 7.09. The molecule has 0 aliphatic heterocycles. The Labute approximate surface area is 136 Å². The summed E-state index contributed by atoms with van der Waals surface area (Å²) in [5, 5.41) is 12.0. The van der Waals surface area contributed by atoms with Gasteiger partial charge in [0, 0.05) is 5.56 Å². The van der Waals surface area contributed by atoms with E-state index in [0.29, 0.717) is 5.56 Å². The molecule has 4 nitrogen and oxygen atoms in total. The largest absolute Gasteiger partial charge is 0.481 e. The van der Waals surface area contributed by atoms with Crippen molar-refractivity contribution in [3.8, 4) is 0 Å². The molecule has 2 rings (SSSR count). The van der Waals surface area contributed by atoms with E-state index < -0.39 is 12.0 Å². The second-order valence-corrected chi connectivity index (χ2v) is 5.80. The smallest absolute Gasteiger partial charge is 0.305 e. The zero-order chi connectivity index (χ0) is 17.0. The molecule has 0 aromatic heterocycles. The number of aliphatic carboxylic acids is 1. The van der Waals surface area contributed by atoms with Gasteiger partial charge in [-0.2, -0.15) is 0 Å². The van der Waals surface area contributed by atoms with Gasteiger partial charge < -0.3 is 10.4 Å². The number of nitrogens with one attached hydrogen (secondary N) is 1. The fourth-order valence-electron chi connectivity index (χ4n) is 2.61. The molecule has 0 bridgehead atoms. The van der Waals surface area contributed by atoms with Crippen molar-refractivity contribution in [3.63, 3.8) is 0 Å². The van der Waals surface area contributed by atoms with E-state index in [1.165, 1.54) is 0 Å². The molecule has 2 aromatic carbocycles. The van der Waals surface area contributed by atoms with Gasteiger partial charge in [-0.05, 0) is 43.5 Å². The van der Waals surface area contributed by atoms with Crippen LogP contribution in [0.5, 0.6) is 0 Å². The first-order chi connectivity index (χ1) is 10.9. The van der Waals surface area contributed by atoms with Crippen LogP contribution in [-0.2, 0) is 4.79 Å². The Balaban J connectivity index is 2.31. The van der Waals surface area contributed by atoms with Crippen molar-refractivity contribution in [2.24, 2.45) is 0 Å². The Hall–Kier alpha value is -2.62. The van der Waals surface area contributed by atoms with Gasteiger partial charge in [0.25, 0.3) is 5.91 Å². The molecule has 4 heteroatoms. The summed E-state index contributed by atoms with van der Waals surface area (Å²) < 4.78 is 0. The lowest BCUT2D eigenvalue weighted by molar-refractivity contribution is -0.137. The van der Waals surface area contributed by atoms with Crippen LogP contribution in [0.2, 0.25) is 0 Å². The van der Waals surface area contributed by atoms with Gasteiger partial charge in [-0.15, -0.1) is 0 Å². The number of hydrogen-bond acceptors (Lipinski definition) is 2. The highest BCUT2D eigenvalue weighted by Crippen LogP contribution is 2.22. The summed E-state index contributed by atoms with van der Waals surface area (Å²) in [7, 11) is 0. The van der Waals surface area contributed by atoms with Crippen LogP contribution in [0.4, 0.5) is 0 Å². The quantitative estimate of drug-likeness (QED) is 0.887. The fourth-order valence-corrected chi connectivity index (χ4v) is 2.61. The van der Waals surface area contributed by atoms with E-state index in [1.807, 2.05) is 63.2 Å². The monoisotopic (exact) mass is 311 g/mol. The van der Waals surface area contributed by atoms with Crippen molar-refractivity contribution >= 4 is 11.9 Å². The normalized spacial score (nSPS) is 11.8. The number of rotatable bonds is 5. The van der Waals surface area contributed by atoms with Crippen LogP contribution in [0.15, 0.2) is 42.5 Å². The highest BCUT2D eigenvalue weighted by Gasteiger charge is 2.21. The second-order valence-electron chi connectivity index (χ2n) is 5.80. The van der Waals surface area contributed by atoms with E-state index in [2.05, 4.69) is 5.32 Å². The Morgan fingerprint density at radius 1 is 1.04 bits per heavy atom. The first-order valence-corrected chi connectivity index (χ1v) is 7.54. The molecular weight excluding hydrogens is 290 g/mol. The summed E-state index contributed by atoms with van der Waals surface area (Å²) in [6.07, 6.45) is -0.151. The minimum absolute atomic E-state index is 0.151. The van der Waals surface area contributed by atoms with Crippen molar-refractivity contribution in [3.05, 3.63) is 70.3 Å². The molecule has 120 valence electrons. The molecule has 1 unspecified atom stereocenters. The molecule has 0 aliphatic carbocycles. The maximum Gasteiger partial charge on any atom is 0.305 e. The van der Waals surface area contributed by atoms with Gasteiger partial charge in [-0.25, -0.2) is 0 Å². The van der Waals surface area contributed by atoms with Crippen LogP contribution >= 0.6 is 0 Å². The lowest BCUT2D eigenvalue weighted by atomic mass is 9.97. The Morgan fingerprint density at radius 3 is 2.39 bits per heavy atom. The number of benzene rings is 2. The van der Waals surface area contributed by atoms with Gasteiger partial charge in [0.2, 0.25) is 0 Å². The molecular formula is C19H21NO3. The Bertz CT molecular complexity index is 737. The van der Waals surface area contributed by atoms with Gasteiger partial charge in [0.1, 0.15) is 0 Å². The van der Waals surface area contributed by atoms with Crippen molar-refractivity contribution < 1.29 is 14.7 Å². The molecule has 0 heterocycles. The third-order valence-corrected chi connectivity index (χ3v) is 3.89. The Morgan fingerprint density at radius 2 is 1.74 bits per heavy atom. The number of hydrogen-bond donors (Lipinski definition) is 2. The van der Waals surface area contributed by atoms with Crippen molar-refractivity contribution in [2.45, 2.75) is 33.2 Å². The molecule has 23 heavy (non-hydrogen) atoms. The highest BCUT2D eigenvalue weighted by molar-refractivity contribution is 5.96. The standard InChI is InChI=1S/C19H21NO3/c1-12-8-9-14(3)16(10-12)19(23)20-17(11-18(21)22)15-7-5-4-6-13(15)2/h4-10,17H,11H2,1-3H3,(H,20,23)(H,21,22). The number of aryl methyl sites for hydroxylation is 3. The molecule has 2 N–H and O–H groups in total. The third-order valence-electron chi connectivity index (χ3n) is 3.89. The molecule has 0 radical (unpaired) electrons. The zero-order valence-electron chi connectivity index (χ0n) is 13.6. The maximum atomic E-state index is 12.6. The van der Waals surface area contributed by atoms with Gasteiger partial charge in [-0.3, -0.25) is 9.59 Å². The summed E-state index contributed by atoms with van der Waals surface area (Å²) in [4.78, 5) is 23.8. The average molecular weight is 311 g/mol. The van der Waals surface area contributed by atoms with Crippen LogP contribution in [0.3, 0.4) is 0 Å². The summed E-state index contributed by atoms with van der Waals surface area (Å²) >= 11 is 0. The van der Waals surface area contributed by atoms with Crippen LogP contribution in [0, 0.1) is 20.8 Å². The molecule has 0 fully saturated rings. The summed E-state index contributed by atoms with van der Waals surface area (Å²) in [6.45, 7) is 5.70. The molecule has 2 aromatic rings. The van der Waals surface area contributed by atoms with Crippen LogP contribution in [0.25, 0.3) is 0 Å². The topological polar surface area (TPSA) is 66.4 Å². The van der Waals surface area contributed by atoms with E-state index >= 15 is 0 Å². The maximum absolute atomic E-state index is 12.6. The Kier molecular flexibility index (Phi) is 5.16. The number of amides is 1. The lowest BCUT2D eigenvalue weighted by Crippen LogP contribution is -2.31. The number of carbonyl (C=O) groups is 2. The van der Waals surface area contributed by atoms with E-state index in [4.69, 9.17) is 5.11 Å². The van der Waals surface area contributed by atoms with Crippen molar-refractivity contribution in [2.75, 3.05) is 0 Å². The molecule has 1 amide bonds. The fraction of sp³-hybridized carbons (Fsp3) is 0.263. The minimum atomic E-state index is -0.945. The highest BCUT2D eigenvalue weighted by atomic mass is 16.4. The number of carboxylic acid groups (broad SMARTS) is 1. The number of carboxylic acids is 1. The van der Waals surface area contributed by atoms with Crippen LogP contribution in [-0.4, -0.2) is 17.0 Å². The predicted octanol–water partition coefficient (Wildman–Crippen LogP) is 3.56. The molecule has 0 saturated heterocycles. The van der Waals surface area contributed by atoms with E-state index in [9.17, 15) is 9.59 Å². The molecule has 0 spiro atoms. The third kappa shape index (κ3) is 4.19. The van der Waals surface area contributed by atoms with Crippen molar-refractivity contribution in [1.29, 1.82) is 0 Å². The summed E-state index contributed by atoms with van der Waals surface area (Å²) in [6, 6.07) is 12.6. The van der Waals surface area contributed by atoms with Gasteiger partial charge in [-0.1, -0.05) is 42.0 Å². The molecule has 0 saturated carbocycles. The predicted molar refractivity (Wildman–Crippen MR) is 89.6 cm³/mol. The van der Waals surface area contributed by atoms with Crippen LogP contribution in [0.1, 0.15) is 45.1 Å².